The average molecular weight is 403 g/mol. The number of nitrogens with one attached hydrogen (secondary N) is 2. The molecule has 0 saturated heterocycles. The second-order valence-electron chi connectivity index (χ2n) is 5.92. The highest BCUT2D eigenvalue weighted by atomic mass is 79.9. The van der Waals surface area contributed by atoms with E-state index in [-0.39, 0.29) is 18.2 Å². The summed E-state index contributed by atoms with van der Waals surface area (Å²) in [6.45, 7) is 2.44. The number of hydrogen-bond acceptors (Lipinski definition) is 2. The van der Waals surface area contributed by atoms with E-state index in [9.17, 15) is 9.59 Å². The van der Waals surface area contributed by atoms with Crippen LogP contribution in [-0.4, -0.2) is 17.9 Å². The number of amides is 2. The molecule has 0 saturated carbocycles. The molecule has 2 rings (SSSR count). The molecule has 2 aromatic carbocycles. The van der Waals surface area contributed by atoms with Gasteiger partial charge in [0.1, 0.15) is 6.04 Å². The molecule has 0 bridgehead atoms. The van der Waals surface area contributed by atoms with E-state index in [1.54, 1.807) is 0 Å². The Bertz CT molecular complexity index is 687. The maximum absolute atomic E-state index is 12.4. The number of hydrogen-bond donors (Lipinski definition) is 2. The zero-order valence-electron chi connectivity index (χ0n) is 14.3. The zero-order valence-corrected chi connectivity index (χ0v) is 15.9. The molecule has 0 heterocycles. The predicted octanol–water partition coefficient (Wildman–Crippen LogP) is 3.59. The van der Waals surface area contributed by atoms with Crippen molar-refractivity contribution in [2.45, 2.75) is 38.8 Å². The van der Waals surface area contributed by atoms with Gasteiger partial charge >= 0.3 is 0 Å². The van der Waals surface area contributed by atoms with Crippen molar-refractivity contribution in [1.82, 2.24) is 10.6 Å². The molecule has 0 aliphatic heterocycles. The minimum absolute atomic E-state index is 0.136. The molecule has 0 aliphatic rings. The van der Waals surface area contributed by atoms with E-state index in [4.69, 9.17) is 0 Å². The van der Waals surface area contributed by atoms with Crippen LogP contribution in [0.5, 0.6) is 0 Å². The molecule has 2 N–H and O–H groups in total. The first-order valence-electron chi connectivity index (χ1n) is 8.44. The number of carbonyl (C=O) groups is 2. The van der Waals surface area contributed by atoms with Crippen LogP contribution in [0.2, 0.25) is 0 Å². The molecule has 0 aliphatic carbocycles. The molecule has 5 heteroatoms. The minimum atomic E-state index is -0.503. The van der Waals surface area contributed by atoms with E-state index in [1.165, 1.54) is 0 Å². The van der Waals surface area contributed by atoms with Crippen molar-refractivity contribution in [1.29, 1.82) is 0 Å². The molecule has 0 fully saturated rings. The van der Waals surface area contributed by atoms with Crippen molar-refractivity contribution in [3.05, 3.63) is 70.2 Å². The Morgan fingerprint density at radius 3 is 2.32 bits per heavy atom. The maximum Gasteiger partial charge on any atom is 0.242 e. The van der Waals surface area contributed by atoms with E-state index in [1.807, 2.05) is 61.5 Å². The highest BCUT2D eigenvalue weighted by Gasteiger charge is 2.19. The first-order chi connectivity index (χ1) is 12.1. The summed E-state index contributed by atoms with van der Waals surface area (Å²) in [5.41, 5.74) is 1.95. The summed E-state index contributed by atoms with van der Waals surface area (Å²) in [7, 11) is 0. The fraction of sp³-hybridized carbons (Fsp3) is 0.300. The van der Waals surface area contributed by atoms with Crippen LogP contribution in [-0.2, 0) is 22.6 Å². The second-order valence-corrected chi connectivity index (χ2v) is 6.83. The van der Waals surface area contributed by atoms with Crippen LogP contribution in [0.4, 0.5) is 0 Å². The summed E-state index contributed by atoms with van der Waals surface area (Å²) in [6.07, 6.45) is 1.72. The lowest BCUT2D eigenvalue weighted by Gasteiger charge is -2.18. The van der Waals surface area contributed by atoms with Crippen molar-refractivity contribution < 1.29 is 9.59 Å². The van der Waals surface area contributed by atoms with Gasteiger partial charge in [-0.25, -0.2) is 0 Å². The van der Waals surface area contributed by atoms with Crippen LogP contribution in [0.15, 0.2) is 59.1 Å². The van der Waals surface area contributed by atoms with Crippen LogP contribution < -0.4 is 10.6 Å². The molecule has 132 valence electrons. The van der Waals surface area contributed by atoms with Gasteiger partial charge < -0.3 is 10.6 Å². The predicted molar refractivity (Wildman–Crippen MR) is 103 cm³/mol. The van der Waals surface area contributed by atoms with E-state index in [0.29, 0.717) is 13.0 Å². The summed E-state index contributed by atoms with van der Waals surface area (Å²) in [5.74, 6) is -0.283. The van der Waals surface area contributed by atoms with Gasteiger partial charge in [0, 0.05) is 11.0 Å². The van der Waals surface area contributed by atoms with Gasteiger partial charge in [0.2, 0.25) is 11.8 Å². The fourth-order valence-electron chi connectivity index (χ4n) is 2.50. The summed E-state index contributed by atoms with van der Waals surface area (Å²) in [6, 6.07) is 16.8. The summed E-state index contributed by atoms with van der Waals surface area (Å²) in [5, 5.41) is 5.76. The van der Waals surface area contributed by atoms with Crippen molar-refractivity contribution in [2.24, 2.45) is 0 Å². The number of benzene rings is 2. The zero-order chi connectivity index (χ0) is 18.1. The lowest BCUT2D eigenvalue weighted by atomic mass is 10.1. The van der Waals surface area contributed by atoms with Crippen LogP contribution in [0.3, 0.4) is 0 Å². The topological polar surface area (TPSA) is 58.2 Å². The molecule has 1 unspecified atom stereocenters. The number of halogens is 1. The molecule has 0 radical (unpaired) electrons. The van der Waals surface area contributed by atoms with Gasteiger partial charge in [0.15, 0.2) is 0 Å². The van der Waals surface area contributed by atoms with Crippen LogP contribution >= 0.6 is 15.9 Å². The summed E-state index contributed by atoms with van der Waals surface area (Å²) in [4.78, 5) is 24.6. The van der Waals surface area contributed by atoms with Crippen molar-refractivity contribution in [2.75, 3.05) is 0 Å². The minimum Gasteiger partial charge on any atom is -0.350 e. The molecule has 1 atom stereocenters. The quantitative estimate of drug-likeness (QED) is 0.708. The smallest absolute Gasteiger partial charge is 0.242 e. The van der Waals surface area contributed by atoms with E-state index in [0.717, 1.165) is 22.0 Å². The third kappa shape index (κ3) is 6.70. The average Bonchev–Trinajstić information content (AvgIpc) is 2.61. The normalized spacial score (nSPS) is 11.6. The van der Waals surface area contributed by atoms with Gasteiger partial charge in [-0.05, 0) is 29.7 Å². The van der Waals surface area contributed by atoms with Crippen molar-refractivity contribution in [3.8, 4) is 0 Å². The lowest BCUT2D eigenvalue weighted by Crippen LogP contribution is -2.46. The highest BCUT2D eigenvalue weighted by Crippen LogP contribution is 2.10. The fourth-order valence-corrected chi connectivity index (χ4v) is 2.76. The van der Waals surface area contributed by atoms with Gasteiger partial charge in [-0.2, -0.15) is 0 Å². The van der Waals surface area contributed by atoms with E-state index in [2.05, 4.69) is 26.6 Å². The second kappa shape index (κ2) is 9.99. The van der Waals surface area contributed by atoms with Gasteiger partial charge in [-0.1, -0.05) is 71.7 Å². The molecule has 0 spiro atoms. The molecule has 2 amide bonds. The third-order valence-corrected chi connectivity index (χ3v) is 4.35. The van der Waals surface area contributed by atoms with Crippen molar-refractivity contribution in [3.63, 3.8) is 0 Å². The van der Waals surface area contributed by atoms with Gasteiger partial charge in [0.25, 0.3) is 0 Å². The molecular formula is C20H23BrN2O2. The number of carbonyl (C=O) groups excluding carboxylic acids is 2. The largest absolute Gasteiger partial charge is 0.350 e. The summed E-state index contributed by atoms with van der Waals surface area (Å²) >= 11 is 3.39. The molecule has 4 nitrogen and oxygen atoms in total. The Kier molecular flexibility index (Phi) is 7.67. The van der Waals surface area contributed by atoms with Gasteiger partial charge in [-0.15, -0.1) is 0 Å². The Balaban J connectivity index is 1.88. The summed E-state index contributed by atoms with van der Waals surface area (Å²) < 4.78 is 1.000. The first-order valence-corrected chi connectivity index (χ1v) is 9.23. The Labute approximate surface area is 157 Å². The van der Waals surface area contributed by atoms with E-state index >= 15 is 0 Å². The maximum atomic E-state index is 12.4. The lowest BCUT2D eigenvalue weighted by molar-refractivity contribution is -0.129. The molecule has 2 aromatic rings. The van der Waals surface area contributed by atoms with E-state index < -0.39 is 6.04 Å². The number of rotatable bonds is 8. The highest BCUT2D eigenvalue weighted by molar-refractivity contribution is 9.10. The molecule has 0 aromatic heterocycles. The van der Waals surface area contributed by atoms with Gasteiger partial charge in [-0.3, -0.25) is 9.59 Å². The van der Waals surface area contributed by atoms with Crippen LogP contribution in [0, 0.1) is 0 Å². The standard InChI is InChI=1S/C20H23BrN2O2/c1-2-6-18(23-19(24)13-15-7-4-3-5-8-15)20(25)22-14-16-9-11-17(21)12-10-16/h3-5,7-12,18H,2,6,13-14H2,1H3,(H,22,25)(H,23,24). The van der Waals surface area contributed by atoms with Crippen LogP contribution in [0.1, 0.15) is 30.9 Å². The monoisotopic (exact) mass is 402 g/mol. The Morgan fingerprint density at radius 2 is 1.68 bits per heavy atom. The molecular weight excluding hydrogens is 380 g/mol. The van der Waals surface area contributed by atoms with Gasteiger partial charge in [0.05, 0.1) is 6.42 Å². The Hall–Kier alpha value is -2.14. The molecule has 25 heavy (non-hydrogen) atoms. The first kappa shape index (κ1) is 19.2. The third-order valence-electron chi connectivity index (χ3n) is 3.82. The van der Waals surface area contributed by atoms with Crippen molar-refractivity contribution >= 4 is 27.7 Å². The Morgan fingerprint density at radius 1 is 1.00 bits per heavy atom. The van der Waals surface area contributed by atoms with Crippen LogP contribution in [0.25, 0.3) is 0 Å². The SMILES string of the molecule is CCCC(NC(=O)Cc1ccccc1)C(=O)NCc1ccc(Br)cc1.